The molecule has 0 fully saturated rings. The number of rotatable bonds is 5. The summed E-state index contributed by atoms with van der Waals surface area (Å²) in [6.45, 7) is 5.57. The van der Waals surface area contributed by atoms with E-state index in [1.165, 1.54) is 10.5 Å². The van der Waals surface area contributed by atoms with Crippen molar-refractivity contribution in [2.24, 2.45) is 0 Å². The molecule has 1 amide bonds. The summed E-state index contributed by atoms with van der Waals surface area (Å²) in [5.74, 6) is 0.156. The van der Waals surface area contributed by atoms with Crippen molar-refractivity contribution < 1.29 is 4.79 Å². The van der Waals surface area contributed by atoms with Gasteiger partial charge in [0.05, 0.1) is 0 Å². The van der Waals surface area contributed by atoms with E-state index in [1.807, 2.05) is 17.1 Å². The minimum absolute atomic E-state index is 0.156. The van der Waals surface area contributed by atoms with Crippen molar-refractivity contribution in [1.82, 2.24) is 10.2 Å². The van der Waals surface area contributed by atoms with Gasteiger partial charge in [0.15, 0.2) is 0 Å². The predicted octanol–water partition coefficient (Wildman–Crippen LogP) is 2.67. The summed E-state index contributed by atoms with van der Waals surface area (Å²) in [5.41, 5.74) is 1.18. The fraction of sp³-hybridized carbons (Fsp3) is 0.438. The lowest BCUT2D eigenvalue weighted by molar-refractivity contribution is -0.134. The Kier molecular flexibility index (Phi) is 5.26. The van der Waals surface area contributed by atoms with Crippen molar-refractivity contribution >= 4 is 17.7 Å². The van der Waals surface area contributed by atoms with Gasteiger partial charge in [-0.05, 0) is 37.8 Å². The lowest BCUT2D eigenvalue weighted by Gasteiger charge is -2.29. The normalized spacial score (nSPS) is 17.7. The summed E-state index contributed by atoms with van der Waals surface area (Å²) in [7, 11) is 0. The highest BCUT2D eigenvalue weighted by Gasteiger charge is 2.25. The Labute approximate surface area is 125 Å². The second-order valence-electron chi connectivity index (χ2n) is 5.23. The van der Waals surface area contributed by atoms with Crippen LogP contribution in [0.5, 0.6) is 0 Å². The summed E-state index contributed by atoms with van der Waals surface area (Å²) in [5, 5.41) is 3.19. The van der Waals surface area contributed by atoms with Crippen LogP contribution in [0.25, 0.3) is 0 Å². The second kappa shape index (κ2) is 6.95. The molecule has 1 aromatic rings. The molecule has 0 saturated heterocycles. The molecular weight excluding hydrogens is 268 g/mol. The van der Waals surface area contributed by atoms with E-state index < -0.39 is 0 Å². The molecular formula is C16H22N2OS. The minimum atomic E-state index is -0.166. The van der Waals surface area contributed by atoms with Gasteiger partial charge in [0.1, 0.15) is 6.04 Å². The quantitative estimate of drug-likeness (QED) is 0.668. The average molecular weight is 290 g/mol. The number of benzene rings is 1. The summed E-state index contributed by atoms with van der Waals surface area (Å²) in [4.78, 5) is 15.7. The lowest BCUT2D eigenvalue weighted by atomic mass is 10.1. The Morgan fingerprint density at radius 3 is 2.90 bits per heavy atom. The number of nitrogens with one attached hydrogen (secondary N) is 1. The van der Waals surface area contributed by atoms with Crippen molar-refractivity contribution in [2.45, 2.75) is 37.4 Å². The van der Waals surface area contributed by atoms with E-state index in [0.717, 1.165) is 6.54 Å². The van der Waals surface area contributed by atoms with Crippen molar-refractivity contribution in [3.63, 3.8) is 0 Å². The minimum Gasteiger partial charge on any atom is -0.334 e. The largest absolute Gasteiger partial charge is 0.334 e. The van der Waals surface area contributed by atoms with E-state index in [0.29, 0.717) is 6.54 Å². The Morgan fingerprint density at radius 2 is 2.30 bits per heavy atom. The molecule has 108 valence electrons. The maximum Gasteiger partial charge on any atom is 0.244 e. The summed E-state index contributed by atoms with van der Waals surface area (Å²) in [6.07, 6.45) is 6.03. The summed E-state index contributed by atoms with van der Waals surface area (Å²) >= 11 is 1.73. The molecule has 3 nitrogen and oxygen atoms in total. The third-order valence-electron chi connectivity index (χ3n) is 3.44. The van der Waals surface area contributed by atoms with Gasteiger partial charge in [-0.2, -0.15) is 0 Å². The van der Waals surface area contributed by atoms with Crippen LogP contribution in [0.4, 0.5) is 0 Å². The van der Waals surface area contributed by atoms with E-state index in [-0.39, 0.29) is 18.0 Å². The third-order valence-corrected chi connectivity index (χ3v) is 4.17. The van der Waals surface area contributed by atoms with Crippen LogP contribution in [-0.2, 0) is 11.3 Å². The van der Waals surface area contributed by atoms with Crippen LogP contribution in [0.15, 0.2) is 41.3 Å². The molecule has 2 rings (SSSR count). The van der Waals surface area contributed by atoms with Gasteiger partial charge < -0.3 is 4.90 Å². The fourth-order valence-electron chi connectivity index (χ4n) is 2.30. The van der Waals surface area contributed by atoms with Crippen molar-refractivity contribution in [2.75, 3.05) is 12.8 Å². The highest BCUT2D eigenvalue weighted by atomic mass is 32.2. The molecule has 0 aromatic heterocycles. The zero-order valence-corrected chi connectivity index (χ0v) is 13.1. The first-order valence-electron chi connectivity index (χ1n) is 6.95. The number of carbonyl (C=O) groups is 1. The van der Waals surface area contributed by atoms with Crippen LogP contribution in [0.3, 0.4) is 0 Å². The zero-order valence-electron chi connectivity index (χ0n) is 12.3. The molecule has 0 radical (unpaired) electrons. The van der Waals surface area contributed by atoms with Crippen molar-refractivity contribution in [3.05, 3.63) is 42.0 Å². The van der Waals surface area contributed by atoms with Gasteiger partial charge in [-0.3, -0.25) is 10.1 Å². The topological polar surface area (TPSA) is 32.3 Å². The van der Waals surface area contributed by atoms with Crippen LogP contribution in [0.1, 0.15) is 19.4 Å². The van der Waals surface area contributed by atoms with Gasteiger partial charge >= 0.3 is 0 Å². The number of nitrogens with zero attached hydrogens (tertiary/aromatic N) is 1. The molecule has 1 N–H and O–H groups in total. The molecule has 20 heavy (non-hydrogen) atoms. The smallest absolute Gasteiger partial charge is 0.244 e. The fourth-order valence-corrected chi connectivity index (χ4v) is 2.78. The Morgan fingerprint density at radius 1 is 1.50 bits per heavy atom. The number of thioether (sulfide) groups is 1. The number of hydrogen-bond acceptors (Lipinski definition) is 3. The SMILES string of the molecule is CSc1cccc(CN(C(=O)[C@H]2C=CCN2)C(C)C)c1. The third kappa shape index (κ3) is 3.64. The molecule has 0 saturated carbocycles. The van der Waals surface area contributed by atoms with Crippen LogP contribution in [0, 0.1) is 0 Å². The molecule has 1 heterocycles. The molecule has 0 spiro atoms. The van der Waals surface area contributed by atoms with Gasteiger partial charge in [-0.1, -0.05) is 24.3 Å². The molecule has 1 aliphatic heterocycles. The van der Waals surface area contributed by atoms with Gasteiger partial charge in [0.25, 0.3) is 0 Å². The van der Waals surface area contributed by atoms with E-state index in [1.54, 1.807) is 11.8 Å². The molecule has 4 heteroatoms. The highest BCUT2D eigenvalue weighted by molar-refractivity contribution is 7.98. The maximum absolute atomic E-state index is 12.6. The Bertz CT molecular complexity index is 499. The Hall–Kier alpha value is -1.26. The predicted molar refractivity (Wildman–Crippen MR) is 84.8 cm³/mol. The van der Waals surface area contributed by atoms with E-state index in [9.17, 15) is 4.79 Å². The molecule has 0 unspecified atom stereocenters. The first-order valence-corrected chi connectivity index (χ1v) is 8.17. The zero-order chi connectivity index (χ0) is 14.5. The maximum atomic E-state index is 12.6. The Balaban J connectivity index is 2.12. The number of hydrogen-bond donors (Lipinski definition) is 1. The average Bonchev–Trinajstić information content (AvgIpc) is 2.98. The number of amides is 1. The molecule has 1 aromatic carbocycles. The highest BCUT2D eigenvalue weighted by Crippen LogP contribution is 2.18. The van der Waals surface area contributed by atoms with Crippen LogP contribution < -0.4 is 5.32 Å². The monoisotopic (exact) mass is 290 g/mol. The second-order valence-corrected chi connectivity index (χ2v) is 6.11. The van der Waals surface area contributed by atoms with E-state index in [4.69, 9.17) is 0 Å². The van der Waals surface area contributed by atoms with Crippen LogP contribution >= 0.6 is 11.8 Å². The number of carbonyl (C=O) groups excluding carboxylic acids is 1. The van der Waals surface area contributed by atoms with E-state index >= 15 is 0 Å². The van der Waals surface area contributed by atoms with Crippen molar-refractivity contribution in [3.8, 4) is 0 Å². The van der Waals surface area contributed by atoms with Crippen LogP contribution in [0.2, 0.25) is 0 Å². The molecule has 0 bridgehead atoms. The summed E-state index contributed by atoms with van der Waals surface area (Å²) < 4.78 is 0. The van der Waals surface area contributed by atoms with Crippen molar-refractivity contribution in [1.29, 1.82) is 0 Å². The molecule has 0 aliphatic carbocycles. The molecule has 1 aliphatic rings. The van der Waals surface area contributed by atoms with Gasteiger partial charge in [-0.15, -0.1) is 11.8 Å². The van der Waals surface area contributed by atoms with Gasteiger partial charge in [0, 0.05) is 24.0 Å². The molecule has 1 atom stereocenters. The first-order chi connectivity index (χ1) is 9.61. The standard InChI is InChI=1S/C16H22N2OS/c1-12(2)18(16(19)15-8-5-9-17-15)11-13-6-4-7-14(10-13)20-3/h4-8,10,12,15,17H,9,11H2,1-3H3/t15-/m1/s1. The summed E-state index contributed by atoms with van der Waals surface area (Å²) in [6, 6.07) is 8.41. The van der Waals surface area contributed by atoms with Gasteiger partial charge in [-0.25, -0.2) is 0 Å². The van der Waals surface area contributed by atoms with Crippen LogP contribution in [-0.4, -0.2) is 35.7 Å². The van der Waals surface area contributed by atoms with Gasteiger partial charge in [0.2, 0.25) is 5.91 Å². The van der Waals surface area contributed by atoms with E-state index in [2.05, 4.69) is 49.7 Å². The first kappa shape index (κ1) is 15.1. The lowest BCUT2D eigenvalue weighted by Crippen LogP contribution is -2.46.